The van der Waals surface area contributed by atoms with Crippen LogP contribution in [0, 0.1) is 0 Å². The molecule has 24 heavy (non-hydrogen) atoms. The molecule has 0 radical (unpaired) electrons. The van der Waals surface area contributed by atoms with E-state index < -0.39 is 6.09 Å². The normalized spacial score (nSPS) is 11.9. The molecule has 1 N–H and O–H groups in total. The lowest BCUT2D eigenvalue weighted by molar-refractivity contribution is 0.108. The van der Waals surface area contributed by atoms with Crippen molar-refractivity contribution in [2.45, 2.75) is 25.9 Å². The third-order valence-electron chi connectivity index (χ3n) is 4.06. The van der Waals surface area contributed by atoms with E-state index in [1.807, 2.05) is 67.6 Å². The molecule has 0 saturated heterocycles. The van der Waals surface area contributed by atoms with Crippen molar-refractivity contribution in [3.05, 3.63) is 78.4 Å². The molecule has 0 heterocycles. The van der Waals surface area contributed by atoms with E-state index >= 15 is 0 Å². The van der Waals surface area contributed by atoms with Gasteiger partial charge in [-0.25, -0.2) is 4.79 Å². The summed E-state index contributed by atoms with van der Waals surface area (Å²) in [6.07, 6.45) is 0.953. The Labute approximate surface area is 142 Å². The Balaban J connectivity index is 1.67. The van der Waals surface area contributed by atoms with Crippen molar-refractivity contribution in [2.24, 2.45) is 0 Å². The second kappa shape index (κ2) is 7.64. The van der Waals surface area contributed by atoms with Crippen molar-refractivity contribution in [1.82, 2.24) is 0 Å². The zero-order valence-corrected chi connectivity index (χ0v) is 13.7. The SMILES string of the molecule is CCC(Cc1ccccc1)OC(=O)Nc1cccc2ccccc12. The summed E-state index contributed by atoms with van der Waals surface area (Å²) < 4.78 is 5.61. The molecule has 1 amide bonds. The Bertz CT molecular complexity index is 809. The van der Waals surface area contributed by atoms with E-state index in [0.717, 1.165) is 29.3 Å². The van der Waals surface area contributed by atoms with Crippen molar-refractivity contribution in [3.63, 3.8) is 0 Å². The maximum Gasteiger partial charge on any atom is 0.411 e. The summed E-state index contributed by atoms with van der Waals surface area (Å²) in [7, 11) is 0. The molecule has 3 aromatic rings. The first-order chi connectivity index (χ1) is 11.8. The van der Waals surface area contributed by atoms with Gasteiger partial charge in [-0.15, -0.1) is 0 Å². The standard InChI is InChI=1S/C21H21NO2/c1-2-18(15-16-9-4-3-5-10-16)24-21(23)22-20-14-8-12-17-11-6-7-13-19(17)20/h3-14,18H,2,15H2,1H3,(H,22,23). The third kappa shape index (κ3) is 3.93. The molecule has 0 aliphatic heterocycles. The molecule has 3 heteroatoms. The maximum absolute atomic E-state index is 12.3. The summed E-state index contributed by atoms with van der Waals surface area (Å²) in [6, 6.07) is 23.9. The Morgan fingerprint density at radius 3 is 2.46 bits per heavy atom. The van der Waals surface area contributed by atoms with Gasteiger partial charge in [0.2, 0.25) is 0 Å². The van der Waals surface area contributed by atoms with E-state index in [0.29, 0.717) is 0 Å². The first kappa shape index (κ1) is 16.1. The van der Waals surface area contributed by atoms with Crippen molar-refractivity contribution in [2.75, 3.05) is 5.32 Å². The lowest BCUT2D eigenvalue weighted by Crippen LogP contribution is -2.23. The van der Waals surface area contributed by atoms with Gasteiger partial charge in [0.25, 0.3) is 0 Å². The predicted molar refractivity (Wildman–Crippen MR) is 98.3 cm³/mol. The van der Waals surface area contributed by atoms with E-state index in [1.165, 1.54) is 5.56 Å². The monoisotopic (exact) mass is 319 g/mol. The number of anilines is 1. The van der Waals surface area contributed by atoms with E-state index in [4.69, 9.17) is 4.74 Å². The van der Waals surface area contributed by atoms with E-state index in [-0.39, 0.29) is 6.10 Å². The third-order valence-corrected chi connectivity index (χ3v) is 4.06. The Morgan fingerprint density at radius 2 is 1.67 bits per heavy atom. The fraction of sp³-hybridized carbons (Fsp3) is 0.190. The van der Waals surface area contributed by atoms with Crippen LogP contribution in [-0.4, -0.2) is 12.2 Å². The smallest absolute Gasteiger partial charge is 0.411 e. The maximum atomic E-state index is 12.3. The molecule has 0 fully saturated rings. The van der Waals surface area contributed by atoms with Crippen LogP contribution in [0.15, 0.2) is 72.8 Å². The largest absolute Gasteiger partial charge is 0.446 e. The first-order valence-electron chi connectivity index (χ1n) is 8.25. The minimum absolute atomic E-state index is 0.137. The molecule has 0 saturated carbocycles. The molecule has 0 aromatic heterocycles. The highest BCUT2D eigenvalue weighted by Gasteiger charge is 2.14. The van der Waals surface area contributed by atoms with Gasteiger partial charge in [-0.05, 0) is 23.4 Å². The molecule has 0 aliphatic rings. The number of nitrogens with one attached hydrogen (secondary N) is 1. The summed E-state index contributed by atoms with van der Waals surface area (Å²) in [6.45, 7) is 2.03. The predicted octanol–water partition coefficient (Wildman–Crippen LogP) is 5.41. The van der Waals surface area contributed by atoms with Crippen LogP contribution < -0.4 is 5.32 Å². The van der Waals surface area contributed by atoms with Crippen LogP contribution in [-0.2, 0) is 11.2 Å². The highest BCUT2D eigenvalue weighted by atomic mass is 16.6. The number of hydrogen-bond donors (Lipinski definition) is 1. The van der Waals surface area contributed by atoms with Gasteiger partial charge >= 0.3 is 6.09 Å². The van der Waals surface area contributed by atoms with Gasteiger partial charge in [0.05, 0.1) is 5.69 Å². The molecule has 0 spiro atoms. The Morgan fingerprint density at radius 1 is 0.958 bits per heavy atom. The Kier molecular flexibility index (Phi) is 5.12. The topological polar surface area (TPSA) is 38.3 Å². The average molecular weight is 319 g/mol. The number of fused-ring (bicyclic) bond motifs is 1. The summed E-state index contributed by atoms with van der Waals surface area (Å²) in [5.74, 6) is 0. The molecule has 0 bridgehead atoms. The molecule has 0 aliphatic carbocycles. The lowest BCUT2D eigenvalue weighted by Gasteiger charge is -2.17. The molecular weight excluding hydrogens is 298 g/mol. The van der Waals surface area contributed by atoms with E-state index in [9.17, 15) is 4.79 Å². The summed E-state index contributed by atoms with van der Waals surface area (Å²) in [5.41, 5.74) is 1.94. The van der Waals surface area contributed by atoms with Crippen molar-refractivity contribution in [1.29, 1.82) is 0 Å². The van der Waals surface area contributed by atoms with Crippen LogP contribution in [0.4, 0.5) is 10.5 Å². The number of rotatable bonds is 5. The van der Waals surface area contributed by atoms with Gasteiger partial charge in [0.15, 0.2) is 0 Å². The van der Waals surface area contributed by atoms with Gasteiger partial charge in [-0.2, -0.15) is 0 Å². The molecular formula is C21H21NO2. The van der Waals surface area contributed by atoms with Crippen LogP contribution in [0.2, 0.25) is 0 Å². The minimum Gasteiger partial charge on any atom is -0.446 e. The van der Waals surface area contributed by atoms with Crippen LogP contribution in [0.3, 0.4) is 0 Å². The van der Waals surface area contributed by atoms with Crippen molar-refractivity contribution >= 4 is 22.6 Å². The lowest BCUT2D eigenvalue weighted by atomic mass is 10.1. The number of carbonyl (C=O) groups is 1. The molecule has 3 nitrogen and oxygen atoms in total. The number of carbonyl (C=O) groups excluding carboxylic acids is 1. The average Bonchev–Trinajstić information content (AvgIpc) is 2.62. The number of ether oxygens (including phenoxy) is 1. The van der Waals surface area contributed by atoms with Gasteiger partial charge in [-0.3, -0.25) is 5.32 Å². The van der Waals surface area contributed by atoms with E-state index in [2.05, 4.69) is 17.4 Å². The van der Waals surface area contributed by atoms with Crippen LogP contribution in [0.5, 0.6) is 0 Å². The number of hydrogen-bond acceptors (Lipinski definition) is 2. The second-order valence-corrected chi connectivity index (χ2v) is 5.78. The van der Waals surface area contributed by atoms with Gasteiger partial charge in [0, 0.05) is 11.8 Å². The van der Waals surface area contributed by atoms with Crippen LogP contribution >= 0.6 is 0 Å². The Hall–Kier alpha value is -2.81. The van der Waals surface area contributed by atoms with Crippen molar-refractivity contribution in [3.8, 4) is 0 Å². The summed E-state index contributed by atoms with van der Waals surface area (Å²) in [4.78, 5) is 12.3. The molecule has 122 valence electrons. The highest BCUT2D eigenvalue weighted by molar-refractivity contribution is 6.00. The van der Waals surface area contributed by atoms with Gasteiger partial charge < -0.3 is 4.74 Å². The zero-order chi connectivity index (χ0) is 16.8. The fourth-order valence-electron chi connectivity index (χ4n) is 2.77. The molecule has 3 aromatic carbocycles. The highest BCUT2D eigenvalue weighted by Crippen LogP contribution is 2.23. The second-order valence-electron chi connectivity index (χ2n) is 5.78. The van der Waals surface area contributed by atoms with Gasteiger partial charge in [-0.1, -0.05) is 73.7 Å². The summed E-state index contributed by atoms with van der Waals surface area (Å²) >= 11 is 0. The quantitative estimate of drug-likeness (QED) is 0.683. The zero-order valence-electron chi connectivity index (χ0n) is 13.7. The van der Waals surface area contributed by atoms with Crippen LogP contribution in [0.1, 0.15) is 18.9 Å². The summed E-state index contributed by atoms with van der Waals surface area (Å²) in [5, 5.41) is 4.97. The first-order valence-corrected chi connectivity index (χ1v) is 8.25. The minimum atomic E-state index is -0.408. The number of benzene rings is 3. The molecule has 3 rings (SSSR count). The fourth-order valence-corrected chi connectivity index (χ4v) is 2.77. The molecule has 1 unspecified atom stereocenters. The molecule has 1 atom stereocenters. The van der Waals surface area contributed by atoms with Crippen molar-refractivity contribution < 1.29 is 9.53 Å². The van der Waals surface area contributed by atoms with Gasteiger partial charge in [0.1, 0.15) is 6.10 Å². The number of amides is 1. The van der Waals surface area contributed by atoms with Crippen LogP contribution in [0.25, 0.3) is 10.8 Å². The van der Waals surface area contributed by atoms with E-state index in [1.54, 1.807) is 0 Å².